The molecule has 3 aromatic rings. The van der Waals surface area contributed by atoms with Crippen molar-refractivity contribution in [1.82, 2.24) is 9.78 Å². The molecular formula is C20H18BrClN4O4. The van der Waals surface area contributed by atoms with Crippen molar-refractivity contribution in [3.63, 3.8) is 0 Å². The summed E-state index contributed by atoms with van der Waals surface area (Å²) in [6, 6.07) is 8.51. The number of rotatable bonds is 6. The number of nitrogens with one attached hydrogen (secondary N) is 1. The first-order valence-corrected chi connectivity index (χ1v) is 10.1. The van der Waals surface area contributed by atoms with Crippen LogP contribution in [0.2, 0.25) is 5.02 Å². The van der Waals surface area contributed by atoms with E-state index < -0.39 is 11.0 Å². The van der Waals surface area contributed by atoms with E-state index in [0.29, 0.717) is 10.8 Å². The van der Waals surface area contributed by atoms with Crippen LogP contribution in [0.1, 0.15) is 24.2 Å². The number of hydrogen-bond donors (Lipinski definition) is 1. The van der Waals surface area contributed by atoms with Crippen molar-refractivity contribution in [2.75, 3.05) is 5.32 Å². The molecule has 156 valence electrons. The fourth-order valence-corrected chi connectivity index (χ4v) is 3.07. The second kappa shape index (κ2) is 8.85. The summed E-state index contributed by atoms with van der Waals surface area (Å²) in [6.45, 7) is 5.32. The highest BCUT2D eigenvalue weighted by atomic mass is 79.9. The van der Waals surface area contributed by atoms with Gasteiger partial charge in [0.05, 0.1) is 26.8 Å². The average molecular weight is 494 g/mol. The number of ether oxygens (including phenoxy) is 1. The van der Waals surface area contributed by atoms with Gasteiger partial charge >= 0.3 is 0 Å². The van der Waals surface area contributed by atoms with Crippen molar-refractivity contribution < 1.29 is 14.5 Å². The zero-order valence-corrected chi connectivity index (χ0v) is 18.7. The molecule has 1 aromatic heterocycles. The first-order valence-electron chi connectivity index (χ1n) is 8.89. The summed E-state index contributed by atoms with van der Waals surface area (Å²) in [6.07, 6.45) is 1.70. The SMILES string of the molecule is Cc1cc(Oc2cc(NC(=O)C(C)n3cc(Br)c(C)n3)cc([N+](=O)[O-])c2)ccc1Cl. The maximum absolute atomic E-state index is 12.7. The number of nitro benzene ring substituents is 1. The van der Waals surface area contributed by atoms with Crippen LogP contribution in [0.5, 0.6) is 11.5 Å². The van der Waals surface area contributed by atoms with Gasteiger partial charge in [0.1, 0.15) is 17.5 Å². The molecule has 1 amide bonds. The van der Waals surface area contributed by atoms with E-state index in [1.54, 1.807) is 31.3 Å². The molecule has 0 radical (unpaired) electrons. The number of hydrogen-bond acceptors (Lipinski definition) is 5. The van der Waals surface area contributed by atoms with Crippen LogP contribution >= 0.6 is 27.5 Å². The summed E-state index contributed by atoms with van der Waals surface area (Å²) < 4.78 is 8.05. The van der Waals surface area contributed by atoms with Crippen LogP contribution in [0.25, 0.3) is 0 Å². The lowest BCUT2D eigenvalue weighted by Gasteiger charge is -2.14. The van der Waals surface area contributed by atoms with Gasteiger partial charge in [-0.3, -0.25) is 19.6 Å². The summed E-state index contributed by atoms with van der Waals surface area (Å²) in [7, 11) is 0. The lowest BCUT2D eigenvalue weighted by Crippen LogP contribution is -2.24. The van der Waals surface area contributed by atoms with Gasteiger partial charge in [-0.25, -0.2) is 0 Å². The minimum atomic E-state index is -0.627. The zero-order valence-electron chi connectivity index (χ0n) is 16.3. The predicted octanol–water partition coefficient (Wildman–Crippen LogP) is 5.82. The Morgan fingerprint density at radius 2 is 2.00 bits per heavy atom. The summed E-state index contributed by atoms with van der Waals surface area (Å²) in [4.78, 5) is 23.4. The number of amides is 1. The number of nitrogens with zero attached hydrogens (tertiary/aromatic N) is 3. The summed E-state index contributed by atoms with van der Waals surface area (Å²) in [5.41, 5.74) is 1.59. The first-order chi connectivity index (χ1) is 14.1. The van der Waals surface area contributed by atoms with Crippen molar-refractivity contribution in [2.45, 2.75) is 26.8 Å². The van der Waals surface area contributed by atoms with Gasteiger partial charge in [-0.15, -0.1) is 0 Å². The van der Waals surface area contributed by atoms with Gasteiger partial charge in [-0.1, -0.05) is 11.6 Å². The van der Waals surface area contributed by atoms with Crippen LogP contribution in [0.4, 0.5) is 11.4 Å². The molecule has 0 saturated carbocycles. The largest absolute Gasteiger partial charge is 0.457 e. The highest BCUT2D eigenvalue weighted by Gasteiger charge is 2.19. The summed E-state index contributed by atoms with van der Waals surface area (Å²) in [5, 5.41) is 18.9. The molecule has 10 heteroatoms. The predicted molar refractivity (Wildman–Crippen MR) is 117 cm³/mol. The van der Waals surface area contributed by atoms with Crippen LogP contribution in [-0.4, -0.2) is 20.6 Å². The Bertz CT molecular complexity index is 1110. The third kappa shape index (κ3) is 4.98. The van der Waals surface area contributed by atoms with Crippen molar-refractivity contribution in [3.05, 3.63) is 73.5 Å². The lowest BCUT2D eigenvalue weighted by atomic mass is 10.2. The lowest BCUT2D eigenvalue weighted by molar-refractivity contribution is -0.384. The van der Waals surface area contributed by atoms with E-state index >= 15 is 0 Å². The topological polar surface area (TPSA) is 99.3 Å². The maximum Gasteiger partial charge on any atom is 0.275 e. The number of aromatic nitrogens is 2. The Morgan fingerprint density at radius 3 is 2.60 bits per heavy atom. The molecule has 2 aromatic carbocycles. The molecule has 1 unspecified atom stereocenters. The number of halogens is 2. The van der Waals surface area contributed by atoms with Crippen LogP contribution < -0.4 is 10.1 Å². The van der Waals surface area contributed by atoms with Gasteiger partial charge < -0.3 is 10.1 Å². The normalized spacial score (nSPS) is 11.8. The number of anilines is 1. The molecule has 0 bridgehead atoms. The molecule has 8 nitrogen and oxygen atoms in total. The van der Waals surface area contributed by atoms with Gasteiger partial charge in [-0.05, 0) is 60.5 Å². The van der Waals surface area contributed by atoms with Crippen LogP contribution in [0, 0.1) is 24.0 Å². The standard InChI is InChI=1S/C20H18BrClN4O4/c1-11-6-16(4-5-19(11)22)30-17-8-14(7-15(9-17)26(28)29)23-20(27)13(3)25-10-18(21)12(2)24-25/h4-10,13H,1-3H3,(H,23,27). The van der Waals surface area contributed by atoms with E-state index in [0.717, 1.165) is 15.7 Å². The molecule has 0 aliphatic heterocycles. The number of benzene rings is 2. The highest BCUT2D eigenvalue weighted by Crippen LogP contribution is 2.31. The molecule has 3 rings (SSSR count). The molecule has 0 saturated heterocycles. The fraction of sp³-hybridized carbons (Fsp3) is 0.200. The van der Waals surface area contributed by atoms with Crippen LogP contribution in [-0.2, 0) is 4.79 Å². The number of non-ortho nitro benzene ring substituents is 1. The van der Waals surface area contributed by atoms with E-state index in [-0.39, 0.29) is 23.0 Å². The molecule has 1 heterocycles. The summed E-state index contributed by atoms with van der Waals surface area (Å²) in [5.74, 6) is 0.310. The molecule has 0 aliphatic rings. The van der Waals surface area contributed by atoms with Gasteiger partial charge in [0.25, 0.3) is 5.69 Å². The van der Waals surface area contributed by atoms with Crippen LogP contribution in [0.3, 0.4) is 0 Å². The van der Waals surface area contributed by atoms with Gasteiger partial charge in [0.15, 0.2) is 0 Å². The molecule has 0 aliphatic carbocycles. The molecule has 1 atom stereocenters. The van der Waals surface area contributed by atoms with E-state index in [4.69, 9.17) is 16.3 Å². The quantitative estimate of drug-likeness (QED) is 0.345. The molecule has 1 N–H and O–H groups in total. The number of carbonyl (C=O) groups is 1. The second-order valence-electron chi connectivity index (χ2n) is 6.69. The molecule has 30 heavy (non-hydrogen) atoms. The number of aryl methyl sites for hydroxylation is 2. The Balaban J connectivity index is 1.85. The first kappa shape index (κ1) is 21.8. The minimum Gasteiger partial charge on any atom is -0.457 e. The Kier molecular flexibility index (Phi) is 6.42. The van der Waals surface area contributed by atoms with Crippen molar-refractivity contribution in [2.24, 2.45) is 0 Å². The number of nitro groups is 1. The zero-order chi connectivity index (χ0) is 22.0. The Morgan fingerprint density at radius 1 is 1.27 bits per heavy atom. The third-order valence-corrected chi connectivity index (χ3v) is 5.57. The summed E-state index contributed by atoms with van der Waals surface area (Å²) >= 11 is 9.38. The average Bonchev–Trinajstić information content (AvgIpc) is 3.02. The molecule has 0 fully saturated rings. The Hall–Kier alpha value is -2.91. The van der Waals surface area contributed by atoms with Gasteiger partial charge in [0, 0.05) is 23.4 Å². The van der Waals surface area contributed by atoms with E-state index in [1.807, 2.05) is 13.8 Å². The van der Waals surface area contributed by atoms with E-state index in [1.165, 1.54) is 22.9 Å². The van der Waals surface area contributed by atoms with Crippen molar-refractivity contribution in [3.8, 4) is 11.5 Å². The van der Waals surface area contributed by atoms with Crippen molar-refractivity contribution in [1.29, 1.82) is 0 Å². The monoisotopic (exact) mass is 492 g/mol. The fourth-order valence-electron chi connectivity index (χ4n) is 2.66. The highest BCUT2D eigenvalue weighted by molar-refractivity contribution is 9.10. The third-order valence-electron chi connectivity index (χ3n) is 4.37. The molecular weight excluding hydrogens is 476 g/mol. The molecule has 0 spiro atoms. The minimum absolute atomic E-state index is 0.209. The van der Waals surface area contributed by atoms with Gasteiger partial charge in [-0.2, -0.15) is 5.10 Å². The maximum atomic E-state index is 12.7. The smallest absolute Gasteiger partial charge is 0.275 e. The van der Waals surface area contributed by atoms with Crippen molar-refractivity contribution >= 4 is 44.8 Å². The Labute approximate surface area is 186 Å². The number of carbonyl (C=O) groups excluding carboxylic acids is 1. The van der Waals surface area contributed by atoms with E-state index in [2.05, 4.69) is 26.3 Å². The second-order valence-corrected chi connectivity index (χ2v) is 7.95. The van der Waals surface area contributed by atoms with E-state index in [9.17, 15) is 14.9 Å². The van der Waals surface area contributed by atoms with Crippen LogP contribution in [0.15, 0.2) is 47.1 Å². The van der Waals surface area contributed by atoms with Gasteiger partial charge in [0.2, 0.25) is 5.91 Å².